The van der Waals surface area contributed by atoms with Crippen molar-refractivity contribution in [1.29, 1.82) is 0 Å². The normalized spacial score (nSPS) is 13.0. The largest absolute Gasteiger partial charge is 0.309 e. The van der Waals surface area contributed by atoms with Crippen LogP contribution in [0, 0.1) is 0 Å². The molecular formula is C71H50N2. The Morgan fingerprint density at radius 2 is 0.685 bits per heavy atom. The summed E-state index contributed by atoms with van der Waals surface area (Å²) in [5, 5.41) is 5.05. The van der Waals surface area contributed by atoms with E-state index in [1.807, 2.05) is 0 Å². The number of hydrogen-bond acceptors (Lipinski definition) is 0. The molecule has 1 aliphatic rings. The van der Waals surface area contributed by atoms with E-state index in [9.17, 15) is 0 Å². The highest BCUT2D eigenvalue weighted by Gasteiger charge is 2.36. The fourth-order valence-corrected chi connectivity index (χ4v) is 11.8. The fourth-order valence-electron chi connectivity index (χ4n) is 11.8. The van der Waals surface area contributed by atoms with Crippen molar-refractivity contribution in [3.63, 3.8) is 0 Å². The van der Waals surface area contributed by atoms with Crippen LogP contribution in [0.3, 0.4) is 0 Å². The van der Waals surface area contributed by atoms with Gasteiger partial charge in [0.05, 0.1) is 22.1 Å². The van der Waals surface area contributed by atoms with E-state index in [0.717, 1.165) is 5.56 Å². The minimum atomic E-state index is -0.164. The molecule has 0 radical (unpaired) electrons. The van der Waals surface area contributed by atoms with Gasteiger partial charge in [-0.3, -0.25) is 0 Å². The maximum Gasteiger partial charge on any atom is 0.0541 e. The van der Waals surface area contributed by atoms with Crippen molar-refractivity contribution in [2.24, 2.45) is 0 Å². The van der Waals surface area contributed by atoms with E-state index >= 15 is 0 Å². The molecule has 344 valence electrons. The van der Waals surface area contributed by atoms with E-state index in [0.29, 0.717) is 0 Å². The van der Waals surface area contributed by atoms with Crippen molar-refractivity contribution in [3.8, 4) is 55.9 Å². The van der Waals surface area contributed by atoms with Gasteiger partial charge >= 0.3 is 0 Å². The lowest BCUT2D eigenvalue weighted by molar-refractivity contribution is 0.661. The standard InChI is InChI=1S/C71H50N2/c1-71(2)65-45-54(34-38-58(65)59-39-35-55(46-66(59)71)53-37-41-70-64(44-53)61-23-13-15-25-68(61)73(70)57-20-10-5-11-21-57)48-28-26-47(27-29-48)42-62(50-16-6-3-7-17-50)51-32-30-49(31-33-51)52-36-40-69-63(43-52)60-22-12-14-24-67(60)72(69)56-18-8-4-9-19-56/h3-46H,1-2H3/b62-42+. The molecule has 0 amide bonds. The number of hydrogen-bond donors (Lipinski definition) is 0. The summed E-state index contributed by atoms with van der Waals surface area (Å²) in [6.07, 6.45) is 2.33. The molecule has 0 aliphatic heterocycles. The lowest BCUT2D eigenvalue weighted by Gasteiger charge is -2.22. The molecule has 13 aromatic rings. The third-order valence-electron chi connectivity index (χ3n) is 15.6. The molecule has 0 saturated heterocycles. The average Bonchev–Trinajstić information content (AvgIpc) is 4.05. The lowest BCUT2D eigenvalue weighted by atomic mass is 9.81. The van der Waals surface area contributed by atoms with Gasteiger partial charge in [-0.05, 0) is 157 Å². The van der Waals surface area contributed by atoms with Crippen LogP contribution in [0.2, 0.25) is 0 Å². The Bertz CT molecular complexity index is 4280. The van der Waals surface area contributed by atoms with Crippen molar-refractivity contribution >= 4 is 55.3 Å². The minimum Gasteiger partial charge on any atom is -0.309 e. The summed E-state index contributed by atoms with van der Waals surface area (Å²) in [5.41, 5.74) is 24.5. The first-order valence-corrected chi connectivity index (χ1v) is 25.4. The van der Waals surface area contributed by atoms with Gasteiger partial charge in [0.15, 0.2) is 0 Å². The van der Waals surface area contributed by atoms with Crippen LogP contribution in [-0.2, 0) is 5.41 Å². The predicted molar refractivity (Wildman–Crippen MR) is 309 cm³/mol. The van der Waals surface area contributed by atoms with E-state index in [-0.39, 0.29) is 5.41 Å². The molecule has 0 spiro atoms. The third-order valence-corrected chi connectivity index (χ3v) is 15.6. The molecule has 14 rings (SSSR count). The second kappa shape index (κ2) is 17.0. The summed E-state index contributed by atoms with van der Waals surface area (Å²) in [7, 11) is 0. The Balaban J connectivity index is 0.753. The molecule has 2 aromatic heterocycles. The van der Waals surface area contributed by atoms with Crippen molar-refractivity contribution < 1.29 is 0 Å². The molecule has 73 heavy (non-hydrogen) atoms. The summed E-state index contributed by atoms with van der Waals surface area (Å²) in [5.74, 6) is 0. The van der Waals surface area contributed by atoms with Crippen molar-refractivity contribution in [3.05, 3.63) is 289 Å². The monoisotopic (exact) mass is 930 g/mol. The van der Waals surface area contributed by atoms with Crippen LogP contribution in [0.5, 0.6) is 0 Å². The second-order valence-electron chi connectivity index (χ2n) is 20.1. The van der Waals surface area contributed by atoms with Gasteiger partial charge in [0.2, 0.25) is 0 Å². The maximum atomic E-state index is 2.44. The fraction of sp³-hybridized carbons (Fsp3) is 0.0423. The molecular weight excluding hydrogens is 881 g/mol. The van der Waals surface area contributed by atoms with Crippen LogP contribution < -0.4 is 0 Å². The smallest absolute Gasteiger partial charge is 0.0541 e. The Morgan fingerprint density at radius 1 is 0.315 bits per heavy atom. The zero-order valence-corrected chi connectivity index (χ0v) is 40.8. The highest BCUT2D eigenvalue weighted by Crippen LogP contribution is 2.51. The van der Waals surface area contributed by atoms with Gasteiger partial charge < -0.3 is 9.13 Å². The Labute approximate surface area is 426 Å². The maximum absolute atomic E-state index is 2.44. The number of fused-ring (bicyclic) bond motifs is 9. The third kappa shape index (κ3) is 7.09. The summed E-state index contributed by atoms with van der Waals surface area (Å²) in [4.78, 5) is 0. The number of nitrogens with zero attached hydrogens (tertiary/aromatic N) is 2. The van der Waals surface area contributed by atoms with Gasteiger partial charge in [0.25, 0.3) is 0 Å². The van der Waals surface area contributed by atoms with E-state index in [2.05, 4.69) is 290 Å². The van der Waals surface area contributed by atoms with Gasteiger partial charge in [-0.15, -0.1) is 0 Å². The highest BCUT2D eigenvalue weighted by atomic mass is 15.0. The van der Waals surface area contributed by atoms with Crippen molar-refractivity contribution in [2.75, 3.05) is 0 Å². The number of para-hydroxylation sites is 4. The van der Waals surface area contributed by atoms with Crippen LogP contribution in [0.15, 0.2) is 261 Å². The van der Waals surface area contributed by atoms with Crippen molar-refractivity contribution in [1.82, 2.24) is 9.13 Å². The number of aromatic nitrogens is 2. The summed E-state index contributed by atoms with van der Waals surface area (Å²) >= 11 is 0. The van der Waals surface area contributed by atoms with Crippen molar-refractivity contribution in [2.45, 2.75) is 19.3 Å². The Morgan fingerprint density at radius 3 is 1.21 bits per heavy atom. The topological polar surface area (TPSA) is 9.86 Å². The van der Waals surface area contributed by atoms with Gasteiger partial charge in [-0.1, -0.05) is 202 Å². The second-order valence-corrected chi connectivity index (χ2v) is 20.1. The first kappa shape index (κ1) is 42.6. The highest BCUT2D eigenvalue weighted by molar-refractivity contribution is 6.12. The first-order valence-electron chi connectivity index (χ1n) is 25.4. The summed E-state index contributed by atoms with van der Waals surface area (Å²) < 4.78 is 4.76. The van der Waals surface area contributed by atoms with E-state index in [4.69, 9.17) is 0 Å². The average molecular weight is 931 g/mol. The SMILES string of the molecule is CC1(C)c2cc(-c3ccc(/C=C(\c4ccccc4)c4ccc(-c5ccc6c(c5)c5ccccc5n6-c5ccccc5)cc4)cc3)ccc2-c2ccc(-c3ccc4c(c3)c3ccccc3n4-c3ccccc3)cc21. The number of benzene rings is 11. The molecule has 1 aliphatic carbocycles. The Hall–Kier alpha value is -9.24. The molecule has 11 aromatic carbocycles. The zero-order chi connectivity index (χ0) is 48.6. The molecule has 2 nitrogen and oxygen atoms in total. The predicted octanol–water partition coefficient (Wildman–Crippen LogP) is 18.8. The summed E-state index contributed by atoms with van der Waals surface area (Å²) in [6.45, 7) is 4.77. The van der Waals surface area contributed by atoms with Crippen LogP contribution >= 0.6 is 0 Å². The molecule has 0 bridgehead atoms. The van der Waals surface area contributed by atoms with E-state index in [1.165, 1.54) is 127 Å². The van der Waals surface area contributed by atoms with Crippen LogP contribution in [-0.4, -0.2) is 9.13 Å². The molecule has 0 saturated carbocycles. The molecule has 0 fully saturated rings. The molecule has 0 unspecified atom stereocenters. The lowest BCUT2D eigenvalue weighted by Crippen LogP contribution is -2.15. The molecule has 2 heterocycles. The zero-order valence-electron chi connectivity index (χ0n) is 40.8. The van der Waals surface area contributed by atoms with Crippen LogP contribution in [0.4, 0.5) is 0 Å². The van der Waals surface area contributed by atoms with E-state index < -0.39 is 0 Å². The Kier molecular flexibility index (Phi) is 9.91. The molecule has 2 heteroatoms. The van der Waals surface area contributed by atoms with Crippen LogP contribution in [0.1, 0.15) is 41.7 Å². The first-order chi connectivity index (χ1) is 35.9. The summed E-state index contributed by atoms with van der Waals surface area (Å²) in [6, 6.07) is 95.8. The van der Waals surface area contributed by atoms with E-state index in [1.54, 1.807) is 0 Å². The molecule has 0 N–H and O–H groups in total. The minimum absolute atomic E-state index is 0.164. The number of rotatable bonds is 8. The van der Waals surface area contributed by atoms with Crippen LogP contribution in [0.25, 0.3) is 111 Å². The van der Waals surface area contributed by atoms with Gasteiger partial charge in [0.1, 0.15) is 0 Å². The van der Waals surface area contributed by atoms with Gasteiger partial charge in [-0.2, -0.15) is 0 Å². The van der Waals surface area contributed by atoms with Gasteiger partial charge in [0, 0.05) is 38.3 Å². The quantitative estimate of drug-likeness (QED) is 0.134. The molecule has 0 atom stereocenters. The van der Waals surface area contributed by atoms with Gasteiger partial charge in [-0.25, -0.2) is 0 Å².